The zero-order chi connectivity index (χ0) is 15.1. The Kier molecular flexibility index (Phi) is 5.84. The minimum atomic E-state index is 0.567. The molecule has 2 N–H and O–H groups in total. The van der Waals surface area contributed by atoms with Crippen LogP contribution >= 0.6 is 23.2 Å². The smallest absolute Gasteiger partial charge is 0.191 e. The Labute approximate surface area is 134 Å². The lowest BCUT2D eigenvalue weighted by Gasteiger charge is -2.12. The molecule has 21 heavy (non-hydrogen) atoms. The Bertz CT molecular complexity index is 614. The largest absolute Gasteiger partial charge is 0.352 e. The van der Waals surface area contributed by atoms with Crippen LogP contribution in [0.3, 0.4) is 0 Å². The molecule has 0 radical (unpaired) electrons. The number of guanidine groups is 1. The molecule has 110 valence electrons. The van der Waals surface area contributed by atoms with Crippen molar-refractivity contribution in [2.24, 2.45) is 4.99 Å². The third-order valence-corrected chi connectivity index (χ3v) is 3.44. The maximum Gasteiger partial charge on any atom is 0.191 e. The second-order valence-corrected chi connectivity index (χ2v) is 5.18. The molecule has 0 aliphatic heterocycles. The van der Waals surface area contributed by atoms with Crippen molar-refractivity contribution in [3.63, 3.8) is 0 Å². The van der Waals surface area contributed by atoms with Crippen molar-refractivity contribution in [2.75, 3.05) is 7.05 Å². The van der Waals surface area contributed by atoms with Crippen LogP contribution in [0.4, 0.5) is 0 Å². The molecule has 0 saturated carbocycles. The highest BCUT2D eigenvalue weighted by Gasteiger charge is 2.03. The lowest BCUT2D eigenvalue weighted by molar-refractivity contribution is 0.794. The molecule has 4 nitrogen and oxygen atoms in total. The Morgan fingerprint density at radius 2 is 1.95 bits per heavy atom. The summed E-state index contributed by atoms with van der Waals surface area (Å²) in [5, 5.41) is 7.65. The van der Waals surface area contributed by atoms with Crippen molar-refractivity contribution in [1.29, 1.82) is 0 Å². The summed E-state index contributed by atoms with van der Waals surface area (Å²) in [5.41, 5.74) is 1.91. The summed E-state index contributed by atoms with van der Waals surface area (Å²) < 4.78 is 0. The van der Waals surface area contributed by atoms with Gasteiger partial charge in [0, 0.05) is 29.8 Å². The summed E-state index contributed by atoms with van der Waals surface area (Å²) >= 11 is 12.0. The van der Waals surface area contributed by atoms with E-state index in [1.807, 2.05) is 30.3 Å². The van der Waals surface area contributed by atoms with E-state index in [1.54, 1.807) is 19.3 Å². The highest BCUT2D eigenvalue weighted by molar-refractivity contribution is 6.35. The number of rotatable bonds is 4. The lowest BCUT2D eigenvalue weighted by Crippen LogP contribution is -2.36. The molecule has 1 aromatic carbocycles. The quantitative estimate of drug-likeness (QED) is 0.671. The Morgan fingerprint density at radius 3 is 2.62 bits per heavy atom. The minimum Gasteiger partial charge on any atom is -0.352 e. The van der Waals surface area contributed by atoms with Gasteiger partial charge < -0.3 is 10.6 Å². The van der Waals surface area contributed by atoms with Crippen LogP contribution < -0.4 is 10.6 Å². The molecular formula is C15H16Cl2N4. The van der Waals surface area contributed by atoms with Gasteiger partial charge in [0.25, 0.3) is 0 Å². The van der Waals surface area contributed by atoms with Crippen LogP contribution in [0.25, 0.3) is 0 Å². The van der Waals surface area contributed by atoms with E-state index >= 15 is 0 Å². The fourth-order valence-electron chi connectivity index (χ4n) is 1.74. The van der Waals surface area contributed by atoms with Crippen LogP contribution in [0, 0.1) is 0 Å². The molecule has 0 atom stereocenters. The van der Waals surface area contributed by atoms with Crippen LogP contribution in [0.5, 0.6) is 0 Å². The SMILES string of the molecule is CN=C(NCc1ccccn1)NCc1ccc(Cl)cc1Cl. The van der Waals surface area contributed by atoms with Crippen molar-refractivity contribution < 1.29 is 0 Å². The van der Waals surface area contributed by atoms with Crippen molar-refractivity contribution in [3.05, 3.63) is 63.9 Å². The monoisotopic (exact) mass is 322 g/mol. The van der Waals surface area contributed by atoms with E-state index < -0.39 is 0 Å². The second-order valence-electron chi connectivity index (χ2n) is 4.34. The fourth-order valence-corrected chi connectivity index (χ4v) is 2.22. The maximum atomic E-state index is 6.13. The molecular weight excluding hydrogens is 307 g/mol. The number of hydrogen-bond acceptors (Lipinski definition) is 2. The van der Waals surface area contributed by atoms with Crippen LogP contribution in [0.15, 0.2) is 47.6 Å². The van der Waals surface area contributed by atoms with Gasteiger partial charge in [0.05, 0.1) is 12.2 Å². The molecule has 0 aliphatic rings. The molecule has 0 spiro atoms. The lowest BCUT2D eigenvalue weighted by atomic mass is 10.2. The van der Waals surface area contributed by atoms with Crippen molar-refractivity contribution in [1.82, 2.24) is 15.6 Å². The number of nitrogens with one attached hydrogen (secondary N) is 2. The maximum absolute atomic E-state index is 6.13. The molecule has 1 aromatic heterocycles. The summed E-state index contributed by atoms with van der Waals surface area (Å²) in [6.45, 7) is 1.17. The van der Waals surface area contributed by atoms with E-state index in [0.717, 1.165) is 11.3 Å². The van der Waals surface area contributed by atoms with Gasteiger partial charge in [0.1, 0.15) is 0 Å². The molecule has 2 rings (SSSR count). The zero-order valence-electron chi connectivity index (χ0n) is 11.6. The average molecular weight is 323 g/mol. The number of benzene rings is 1. The summed E-state index contributed by atoms with van der Waals surface area (Å²) in [4.78, 5) is 8.41. The average Bonchev–Trinajstić information content (AvgIpc) is 2.50. The van der Waals surface area contributed by atoms with E-state index in [-0.39, 0.29) is 0 Å². The van der Waals surface area contributed by atoms with Crippen molar-refractivity contribution in [3.8, 4) is 0 Å². The summed E-state index contributed by atoms with van der Waals surface area (Å²) in [6, 6.07) is 11.2. The van der Waals surface area contributed by atoms with Gasteiger partial charge in [-0.1, -0.05) is 35.3 Å². The van der Waals surface area contributed by atoms with Gasteiger partial charge in [0.2, 0.25) is 0 Å². The predicted molar refractivity (Wildman–Crippen MR) is 87.7 cm³/mol. The summed E-state index contributed by atoms with van der Waals surface area (Å²) in [5.74, 6) is 0.687. The molecule has 0 unspecified atom stereocenters. The number of hydrogen-bond donors (Lipinski definition) is 2. The Balaban J connectivity index is 1.88. The van der Waals surface area contributed by atoms with E-state index in [1.165, 1.54) is 0 Å². The van der Waals surface area contributed by atoms with Crippen LogP contribution in [-0.4, -0.2) is 18.0 Å². The van der Waals surface area contributed by atoms with Crippen LogP contribution in [0.2, 0.25) is 10.0 Å². The third kappa shape index (κ3) is 4.92. The van der Waals surface area contributed by atoms with Gasteiger partial charge in [-0.25, -0.2) is 0 Å². The second kappa shape index (κ2) is 7.86. The molecule has 0 bridgehead atoms. The van der Waals surface area contributed by atoms with Gasteiger partial charge >= 0.3 is 0 Å². The topological polar surface area (TPSA) is 49.3 Å². The molecule has 0 aliphatic carbocycles. The highest BCUT2D eigenvalue weighted by atomic mass is 35.5. The summed E-state index contributed by atoms with van der Waals surface area (Å²) in [6.07, 6.45) is 1.76. The predicted octanol–water partition coefficient (Wildman–Crippen LogP) is 3.25. The Morgan fingerprint density at radius 1 is 1.14 bits per heavy atom. The molecule has 1 heterocycles. The number of halogens is 2. The standard InChI is InChI=1S/C15H16Cl2N4/c1-18-15(21-10-13-4-2-3-7-19-13)20-9-11-5-6-12(16)8-14(11)17/h2-8H,9-10H2,1H3,(H2,18,20,21). The number of nitrogens with zero attached hydrogens (tertiary/aromatic N) is 2. The van der Waals surface area contributed by atoms with Gasteiger partial charge in [0.15, 0.2) is 5.96 Å². The first-order chi connectivity index (χ1) is 10.2. The van der Waals surface area contributed by atoms with E-state index in [2.05, 4.69) is 20.6 Å². The fraction of sp³-hybridized carbons (Fsp3) is 0.200. The third-order valence-electron chi connectivity index (χ3n) is 2.85. The molecule has 0 fully saturated rings. The highest BCUT2D eigenvalue weighted by Crippen LogP contribution is 2.20. The first-order valence-corrected chi connectivity index (χ1v) is 7.23. The number of aliphatic imine (C=N–C) groups is 1. The van der Waals surface area contributed by atoms with Gasteiger partial charge in [-0.3, -0.25) is 9.98 Å². The first-order valence-electron chi connectivity index (χ1n) is 6.47. The molecule has 2 aromatic rings. The molecule has 6 heteroatoms. The number of aromatic nitrogens is 1. The van der Waals surface area contributed by atoms with Crippen molar-refractivity contribution >= 4 is 29.2 Å². The van der Waals surface area contributed by atoms with E-state index in [9.17, 15) is 0 Å². The van der Waals surface area contributed by atoms with Gasteiger partial charge in [-0.05, 0) is 29.8 Å². The number of pyridine rings is 1. The summed E-state index contributed by atoms with van der Waals surface area (Å²) in [7, 11) is 1.72. The van der Waals surface area contributed by atoms with Gasteiger partial charge in [-0.2, -0.15) is 0 Å². The zero-order valence-corrected chi connectivity index (χ0v) is 13.1. The van der Waals surface area contributed by atoms with E-state index in [0.29, 0.717) is 29.1 Å². The van der Waals surface area contributed by atoms with Gasteiger partial charge in [-0.15, -0.1) is 0 Å². The molecule has 0 saturated heterocycles. The van der Waals surface area contributed by atoms with Crippen molar-refractivity contribution in [2.45, 2.75) is 13.1 Å². The first kappa shape index (κ1) is 15.6. The van der Waals surface area contributed by atoms with E-state index in [4.69, 9.17) is 23.2 Å². The molecule has 0 amide bonds. The Hall–Kier alpha value is -1.78. The van der Waals surface area contributed by atoms with Crippen LogP contribution in [0.1, 0.15) is 11.3 Å². The minimum absolute atomic E-state index is 0.567. The van der Waals surface area contributed by atoms with Crippen LogP contribution in [-0.2, 0) is 13.1 Å². The normalized spacial score (nSPS) is 11.3.